The summed E-state index contributed by atoms with van der Waals surface area (Å²) in [5, 5.41) is 0. The van der Waals surface area contributed by atoms with E-state index in [2.05, 4.69) is 142 Å². The molecule has 0 amide bonds. The zero-order chi connectivity index (χ0) is 54.3. The molecule has 1 atom stereocenters. The van der Waals surface area contributed by atoms with Crippen molar-refractivity contribution < 1.29 is 28.6 Å². The predicted molar refractivity (Wildman–Crippen MR) is 325 cm³/mol. The summed E-state index contributed by atoms with van der Waals surface area (Å²) >= 11 is 0. The van der Waals surface area contributed by atoms with E-state index in [0.29, 0.717) is 19.3 Å². The average Bonchev–Trinajstić information content (AvgIpc) is 3.41. The minimum atomic E-state index is -0.818. The zero-order valence-corrected chi connectivity index (χ0v) is 48.8. The fourth-order valence-corrected chi connectivity index (χ4v) is 8.29. The molecular formula is C69H114O6. The van der Waals surface area contributed by atoms with Crippen LogP contribution in [0.25, 0.3) is 0 Å². The molecule has 0 aromatic heterocycles. The van der Waals surface area contributed by atoms with Gasteiger partial charge in [-0.1, -0.05) is 258 Å². The number of hydrogen-bond donors (Lipinski definition) is 0. The Kier molecular flexibility index (Phi) is 58.9. The molecule has 0 aromatic carbocycles. The highest BCUT2D eigenvalue weighted by molar-refractivity contribution is 5.71. The maximum atomic E-state index is 12.9. The van der Waals surface area contributed by atoms with Crippen molar-refractivity contribution in [3.63, 3.8) is 0 Å². The highest BCUT2D eigenvalue weighted by atomic mass is 16.6. The summed E-state index contributed by atoms with van der Waals surface area (Å²) in [5.41, 5.74) is 0. The summed E-state index contributed by atoms with van der Waals surface area (Å²) in [6.45, 7) is 6.39. The molecular weight excluding hydrogens is 925 g/mol. The normalized spacial score (nSPS) is 12.9. The summed E-state index contributed by atoms with van der Waals surface area (Å²) in [4.78, 5) is 38.2. The zero-order valence-electron chi connectivity index (χ0n) is 48.8. The summed E-state index contributed by atoms with van der Waals surface area (Å²) in [6, 6.07) is 0. The van der Waals surface area contributed by atoms with Crippen molar-refractivity contribution >= 4 is 17.9 Å². The first kappa shape index (κ1) is 70.8. The van der Waals surface area contributed by atoms with Gasteiger partial charge < -0.3 is 14.2 Å². The van der Waals surface area contributed by atoms with Gasteiger partial charge in [-0.2, -0.15) is 0 Å². The Morgan fingerprint density at radius 2 is 0.560 bits per heavy atom. The lowest BCUT2D eigenvalue weighted by molar-refractivity contribution is -0.167. The SMILES string of the molecule is CC/C=C\C/C=C\C/C=C\C/C=C\C/C=C\CCCC(=O)OC(COC(=O)CCCCCCC/C=C\C/C=C\CCC)COC(=O)CCCCCCCCCCCCCC/C=C\C/C=C\C/C=C\CCCCCCC. The van der Waals surface area contributed by atoms with E-state index in [0.717, 1.165) is 122 Å². The molecule has 0 bridgehead atoms. The monoisotopic (exact) mass is 1040 g/mol. The minimum absolute atomic E-state index is 0.108. The van der Waals surface area contributed by atoms with Gasteiger partial charge in [0.1, 0.15) is 13.2 Å². The Morgan fingerprint density at radius 3 is 0.907 bits per heavy atom. The second-order valence-electron chi connectivity index (χ2n) is 20.2. The van der Waals surface area contributed by atoms with E-state index in [9.17, 15) is 14.4 Å². The fourth-order valence-electron chi connectivity index (χ4n) is 8.29. The first-order valence-corrected chi connectivity index (χ1v) is 31.0. The Balaban J connectivity index is 4.36. The highest BCUT2D eigenvalue weighted by Crippen LogP contribution is 2.15. The Bertz CT molecular complexity index is 1570. The van der Waals surface area contributed by atoms with Crippen molar-refractivity contribution in [2.24, 2.45) is 0 Å². The predicted octanol–water partition coefficient (Wildman–Crippen LogP) is 21.2. The van der Waals surface area contributed by atoms with Crippen molar-refractivity contribution in [3.05, 3.63) is 122 Å². The summed E-state index contributed by atoms with van der Waals surface area (Å²) < 4.78 is 16.8. The average molecular weight is 1040 g/mol. The van der Waals surface area contributed by atoms with Gasteiger partial charge in [0.2, 0.25) is 0 Å². The van der Waals surface area contributed by atoms with Crippen LogP contribution in [0.1, 0.15) is 278 Å². The van der Waals surface area contributed by atoms with E-state index in [4.69, 9.17) is 14.2 Å². The van der Waals surface area contributed by atoms with Crippen molar-refractivity contribution in [1.29, 1.82) is 0 Å². The van der Waals surface area contributed by atoms with Crippen LogP contribution >= 0.6 is 0 Å². The van der Waals surface area contributed by atoms with Crippen LogP contribution in [0.3, 0.4) is 0 Å². The number of rotatable bonds is 55. The molecule has 426 valence electrons. The standard InChI is InChI=1S/C69H114O6/c1-4-7-10-13-16-19-22-25-27-29-30-31-32-33-34-35-36-37-38-40-41-44-47-50-53-56-59-62-68(71)74-65-66(64-73-67(70)61-58-55-52-49-46-43-24-21-18-15-12-9-6-3)75-69(72)63-60-57-54-51-48-45-42-39-28-26-23-20-17-14-11-8-5-2/h8,11-12,15,17,20-22,24-26,28-30,32-33,42,45,51,54,66H,4-7,9-10,13-14,16,18-19,23,27,31,34-41,43-44,46-50,52-53,55-65H2,1-3H3/b11-8-,15-12-,20-17-,24-21-,25-22-,28-26-,30-29-,33-32-,45-42-,54-51-. The van der Waals surface area contributed by atoms with Crippen LogP contribution in [0.2, 0.25) is 0 Å². The van der Waals surface area contributed by atoms with E-state index in [1.54, 1.807) is 0 Å². The molecule has 6 nitrogen and oxygen atoms in total. The first-order valence-electron chi connectivity index (χ1n) is 31.0. The largest absolute Gasteiger partial charge is 0.462 e. The van der Waals surface area contributed by atoms with Crippen LogP contribution in [0, 0.1) is 0 Å². The number of allylic oxidation sites excluding steroid dienone is 20. The van der Waals surface area contributed by atoms with Gasteiger partial charge in [0.25, 0.3) is 0 Å². The molecule has 0 saturated carbocycles. The van der Waals surface area contributed by atoms with Crippen LogP contribution in [0.4, 0.5) is 0 Å². The second-order valence-corrected chi connectivity index (χ2v) is 20.2. The van der Waals surface area contributed by atoms with Crippen LogP contribution in [0.15, 0.2) is 122 Å². The Hall–Kier alpha value is -4.19. The molecule has 0 N–H and O–H groups in total. The summed E-state index contributed by atoms with van der Waals surface area (Å²) in [5.74, 6) is -0.983. The van der Waals surface area contributed by atoms with Gasteiger partial charge in [-0.3, -0.25) is 14.4 Å². The number of carbonyl (C=O) groups is 3. The van der Waals surface area contributed by atoms with E-state index in [1.807, 2.05) is 0 Å². The first-order chi connectivity index (χ1) is 37.0. The lowest BCUT2D eigenvalue weighted by atomic mass is 10.0. The molecule has 0 fully saturated rings. The van der Waals surface area contributed by atoms with Crippen molar-refractivity contribution in [2.75, 3.05) is 13.2 Å². The Labute approximate surface area is 462 Å². The van der Waals surface area contributed by atoms with Crippen LogP contribution in [-0.2, 0) is 28.6 Å². The molecule has 0 heterocycles. The topological polar surface area (TPSA) is 78.9 Å². The summed E-state index contributed by atoms with van der Waals surface area (Å²) in [6.07, 6.45) is 86.4. The van der Waals surface area contributed by atoms with Gasteiger partial charge in [0.05, 0.1) is 0 Å². The van der Waals surface area contributed by atoms with Crippen molar-refractivity contribution in [3.8, 4) is 0 Å². The van der Waals surface area contributed by atoms with E-state index >= 15 is 0 Å². The number of esters is 3. The van der Waals surface area contributed by atoms with E-state index < -0.39 is 6.10 Å². The smallest absolute Gasteiger partial charge is 0.306 e. The maximum Gasteiger partial charge on any atom is 0.306 e. The quantitative estimate of drug-likeness (QED) is 0.0261. The van der Waals surface area contributed by atoms with Crippen molar-refractivity contribution in [1.82, 2.24) is 0 Å². The van der Waals surface area contributed by atoms with Gasteiger partial charge in [-0.15, -0.1) is 0 Å². The lowest BCUT2D eigenvalue weighted by Gasteiger charge is -2.18. The third kappa shape index (κ3) is 60.6. The number of hydrogen-bond acceptors (Lipinski definition) is 6. The molecule has 1 unspecified atom stereocenters. The summed E-state index contributed by atoms with van der Waals surface area (Å²) in [7, 11) is 0. The van der Waals surface area contributed by atoms with Crippen LogP contribution in [0.5, 0.6) is 0 Å². The molecule has 6 heteroatoms. The molecule has 0 aliphatic carbocycles. The third-order valence-electron chi connectivity index (χ3n) is 12.9. The van der Waals surface area contributed by atoms with Gasteiger partial charge >= 0.3 is 17.9 Å². The number of ether oxygens (including phenoxy) is 3. The lowest BCUT2D eigenvalue weighted by Crippen LogP contribution is -2.30. The third-order valence-corrected chi connectivity index (χ3v) is 12.9. The minimum Gasteiger partial charge on any atom is -0.462 e. The molecule has 0 rings (SSSR count). The van der Waals surface area contributed by atoms with Gasteiger partial charge in [-0.05, 0) is 122 Å². The van der Waals surface area contributed by atoms with Crippen LogP contribution in [-0.4, -0.2) is 37.2 Å². The molecule has 0 aliphatic heterocycles. The maximum absolute atomic E-state index is 12.9. The molecule has 75 heavy (non-hydrogen) atoms. The molecule has 0 radical (unpaired) electrons. The Morgan fingerprint density at radius 1 is 0.280 bits per heavy atom. The fraction of sp³-hybridized carbons (Fsp3) is 0.667. The molecule has 0 spiro atoms. The van der Waals surface area contributed by atoms with Gasteiger partial charge in [0.15, 0.2) is 6.10 Å². The molecule has 0 saturated heterocycles. The highest BCUT2D eigenvalue weighted by Gasteiger charge is 2.19. The van der Waals surface area contributed by atoms with Gasteiger partial charge in [0, 0.05) is 19.3 Å². The number of carbonyl (C=O) groups excluding carboxylic acids is 3. The van der Waals surface area contributed by atoms with E-state index in [-0.39, 0.29) is 37.5 Å². The van der Waals surface area contributed by atoms with E-state index in [1.165, 1.54) is 109 Å². The van der Waals surface area contributed by atoms with Gasteiger partial charge in [-0.25, -0.2) is 0 Å². The molecule has 0 aliphatic rings. The van der Waals surface area contributed by atoms with Crippen molar-refractivity contribution in [2.45, 2.75) is 284 Å². The van der Waals surface area contributed by atoms with Crippen LogP contribution < -0.4 is 0 Å². The molecule has 0 aromatic rings. The number of unbranched alkanes of at least 4 members (excludes halogenated alkanes) is 24. The second kappa shape index (κ2) is 62.4.